The lowest BCUT2D eigenvalue weighted by atomic mass is 10.0. The van der Waals surface area contributed by atoms with Crippen molar-refractivity contribution in [2.75, 3.05) is 0 Å². The summed E-state index contributed by atoms with van der Waals surface area (Å²) < 4.78 is 0. The van der Waals surface area contributed by atoms with Crippen LogP contribution in [0.3, 0.4) is 0 Å². The van der Waals surface area contributed by atoms with E-state index >= 15 is 0 Å². The van der Waals surface area contributed by atoms with E-state index < -0.39 is 11.9 Å². The van der Waals surface area contributed by atoms with Gasteiger partial charge < -0.3 is 15.7 Å². The van der Waals surface area contributed by atoms with Crippen LogP contribution in [-0.2, 0) is 4.79 Å². The highest BCUT2D eigenvalue weighted by atomic mass is 16.4. The molecule has 0 aliphatic heterocycles. The number of aliphatic carboxylic acids is 1. The molecule has 2 amide bonds. The minimum atomic E-state index is -0.798. The van der Waals surface area contributed by atoms with Crippen LogP contribution in [0, 0.1) is 11.8 Å². The molecular weight excluding hydrogens is 232 g/mol. The predicted molar refractivity (Wildman–Crippen MR) is 67.2 cm³/mol. The molecule has 5 nitrogen and oxygen atoms in total. The van der Waals surface area contributed by atoms with Crippen LogP contribution in [0.5, 0.6) is 0 Å². The number of carbonyl (C=O) groups is 2. The number of carboxylic acids is 1. The summed E-state index contributed by atoms with van der Waals surface area (Å²) in [6, 6.07) is -0.0998. The van der Waals surface area contributed by atoms with Crippen LogP contribution in [0.1, 0.15) is 45.4 Å². The first-order valence-corrected chi connectivity index (χ1v) is 6.91. The van der Waals surface area contributed by atoms with Crippen molar-refractivity contribution in [3.8, 4) is 0 Å². The predicted octanol–water partition coefficient (Wildman–Crippen LogP) is 1.73. The van der Waals surface area contributed by atoms with Crippen LogP contribution in [-0.4, -0.2) is 29.2 Å². The van der Waals surface area contributed by atoms with Gasteiger partial charge in [-0.15, -0.1) is 0 Å². The molecule has 0 heterocycles. The van der Waals surface area contributed by atoms with Crippen molar-refractivity contribution in [2.45, 2.75) is 57.5 Å². The average Bonchev–Trinajstić information content (AvgIpc) is 2.86. The van der Waals surface area contributed by atoms with Gasteiger partial charge in [0.15, 0.2) is 0 Å². The minimum absolute atomic E-state index is 0.197. The van der Waals surface area contributed by atoms with Gasteiger partial charge in [-0.2, -0.15) is 0 Å². The van der Waals surface area contributed by atoms with Crippen molar-refractivity contribution in [3.63, 3.8) is 0 Å². The van der Waals surface area contributed by atoms with Gasteiger partial charge in [-0.3, -0.25) is 4.79 Å². The van der Waals surface area contributed by atoms with Crippen LogP contribution < -0.4 is 10.6 Å². The summed E-state index contributed by atoms with van der Waals surface area (Å²) in [5.41, 5.74) is 0. The van der Waals surface area contributed by atoms with E-state index in [1.807, 2.05) is 0 Å². The molecule has 2 fully saturated rings. The second-order valence-electron chi connectivity index (χ2n) is 5.49. The molecule has 0 spiro atoms. The van der Waals surface area contributed by atoms with Gasteiger partial charge in [0.05, 0.1) is 5.92 Å². The lowest BCUT2D eigenvalue weighted by molar-refractivity contribution is -0.142. The van der Waals surface area contributed by atoms with Crippen molar-refractivity contribution in [2.24, 2.45) is 11.8 Å². The van der Waals surface area contributed by atoms with Gasteiger partial charge in [-0.05, 0) is 31.6 Å². The maximum atomic E-state index is 11.8. The Morgan fingerprint density at radius 2 is 1.94 bits per heavy atom. The Labute approximate surface area is 107 Å². The lowest BCUT2D eigenvalue weighted by Gasteiger charge is -2.18. The maximum absolute atomic E-state index is 11.8. The molecule has 0 bridgehead atoms. The first-order valence-electron chi connectivity index (χ1n) is 6.91. The van der Waals surface area contributed by atoms with Gasteiger partial charge in [0.1, 0.15) is 0 Å². The summed E-state index contributed by atoms with van der Waals surface area (Å²) in [4.78, 5) is 22.7. The largest absolute Gasteiger partial charge is 0.481 e. The molecule has 2 rings (SSSR count). The van der Waals surface area contributed by atoms with Crippen molar-refractivity contribution in [3.05, 3.63) is 0 Å². The topological polar surface area (TPSA) is 78.4 Å². The standard InChI is InChI=1S/C13H22N2O3/c1-2-4-8-7-11(8)15-13(18)14-10-6-3-5-9(10)12(16)17/h8-11H,2-7H2,1H3,(H,16,17)(H2,14,15,18). The number of carbonyl (C=O) groups excluding carboxylic acids is 1. The van der Waals surface area contributed by atoms with E-state index in [0.717, 1.165) is 32.1 Å². The van der Waals surface area contributed by atoms with Gasteiger partial charge in [-0.1, -0.05) is 19.8 Å². The molecule has 0 radical (unpaired) electrons. The van der Waals surface area contributed by atoms with Crippen LogP contribution in [0.15, 0.2) is 0 Å². The molecule has 0 saturated heterocycles. The van der Waals surface area contributed by atoms with Crippen molar-refractivity contribution in [1.29, 1.82) is 0 Å². The molecule has 4 unspecified atom stereocenters. The zero-order chi connectivity index (χ0) is 13.1. The molecular formula is C13H22N2O3. The fraction of sp³-hybridized carbons (Fsp3) is 0.846. The Balaban J connectivity index is 1.73. The Morgan fingerprint density at radius 3 is 2.61 bits per heavy atom. The molecule has 5 heteroatoms. The van der Waals surface area contributed by atoms with Crippen LogP contribution >= 0.6 is 0 Å². The number of nitrogens with one attached hydrogen (secondary N) is 2. The van der Waals surface area contributed by atoms with E-state index in [0.29, 0.717) is 18.4 Å². The molecule has 0 aromatic heterocycles. The number of urea groups is 1. The zero-order valence-electron chi connectivity index (χ0n) is 10.8. The molecule has 0 aromatic rings. The summed E-state index contributed by atoms with van der Waals surface area (Å²) in [5.74, 6) is -0.589. The van der Waals surface area contributed by atoms with E-state index in [2.05, 4.69) is 17.6 Å². The minimum Gasteiger partial charge on any atom is -0.481 e. The highest BCUT2D eigenvalue weighted by Crippen LogP contribution is 2.34. The van der Waals surface area contributed by atoms with E-state index in [9.17, 15) is 9.59 Å². The third-order valence-electron chi connectivity index (χ3n) is 4.05. The summed E-state index contributed by atoms with van der Waals surface area (Å²) in [6.07, 6.45) is 5.69. The normalized spacial score (nSPS) is 34.1. The third kappa shape index (κ3) is 3.15. The number of hydrogen-bond donors (Lipinski definition) is 3. The number of amides is 2. The number of hydrogen-bond acceptors (Lipinski definition) is 2. The summed E-state index contributed by atoms with van der Waals surface area (Å²) in [5, 5.41) is 14.8. The molecule has 2 saturated carbocycles. The SMILES string of the molecule is CCCC1CC1NC(=O)NC1CCCC1C(=O)O. The van der Waals surface area contributed by atoms with Gasteiger partial charge in [0.25, 0.3) is 0 Å². The third-order valence-corrected chi connectivity index (χ3v) is 4.05. The quantitative estimate of drug-likeness (QED) is 0.699. The molecule has 2 aliphatic carbocycles. The summed E-state index contributed by atoms with van der Waals surface area (Å²) in [7, 11) is 0. The fourth-order valence-electron chi connectivity index (χ4n) is 2.92. The van der Waals surface area contributed by atoms with Gasteiger partial charge in [0.2, 0.25) is 0 Å². The zero-order valence-corrected chi connectivity index (χ0v) is 10.8. The monoisotopic (exact) mass is 254 g/mol. The van der Waals surface area contributed by atoms with Gasteiger partial charge >= 0.3 is 12.0 Å². The smallest absolute Gasteiger partial charge is 0.315 e. The second kappa shape index (κ2) is 5.59. The molecule has 0 aromatic carbocycles. The average molecular weight is 254 g/mol. The van der Waals surface area contributed by atoms with E-state index in [-0.39, 0.29) is 12.1 Å². The van der Waals surface area contributed by atoms with E-state index in [1.165, 1.54) is 0 Å². The highest BCUT2D eigenvalue weighted by molar-refractivity contribution is 5.77. The van der Waals surface area contributed by atoms with Crippen LogP contribution in [0.2, 0.25) is 0 Å². The number of rotatable bonds is 5. The maximum Gasteiger partial charge on any atom is 0.315 e. The number of carboxylic acid groups (broad SMARTS) is 1. The second-order valence-corrected chi connectivity index (χ2v) is 5.49. The van der Waals surface area contributed by atoms with Gasteiger partial charge in [-0.25, -0.2) is 4.79 Å². The first-order chi connectivity index (χ1) is 8.61. The van der Waals surface area contributed by atoms with Crippen LogP contribution in [0.4, 0.5) is 4.79 Å². The Bertz CT molecular complexity index is 332. The Kier molecular flexibility index (Phi) is 4.09. The lowest BCUT2D eigenvalue weighted by Crippen LogP contribution is -2.46. The summed E-state index contributed by atoms with van der Waals surface area (Å²) in [6.45, 7) is 2.14. The Hall–Kier alpha value is -1.26. The van der Waals surface area contributed by atoms with Crippen molar-refractivity contribution >= 4 is 12.0 Å². The Morgan fingerprint density at radius 1 is 1.22 bits per heavy atom. The fourth-order valence-corrected chi connectivity index (χ4v) is 2.92. The van der Waals surface area contributed by atoms with E-state index in [1.54, 1.807) is 0 Å². The van der Waals surface area contributed by atoms with Crippen molar-refractivity contribution < 1.29 is 14.7 Å². The molecule has 2 aliphatic rings. The van der Waals surface area contributed by atoms with Gasteiger partial charge in [0, 0.05) is 12.1 Å². The molecule has 4 atom stereocenters. The summed E-state index contributed by atoms with van der Waals surface area (Å²) >= 11 is 0. The molecule has 18 heavy (non-hydrogen) atoms. The highest BCUT2D eigenvalue weighted by Gasteiger charge is 2.39. The van der Waals surface area contributed by atoms with Crippen molar-refractivity contribution in [1.82, 2.24) is 10.6 Å². The first kappa shape index (κ1) is 13.2. The molecule has 102 valence electrons. The van der Waals surface area contributed by atoms with E-state index in [4.69, 9.17) is 5.11 Å². The van der Waals surface area contributed by atoms with Crippen LogP contribution in [0.25, 0.3) is 0 Å². The molecule has 3 N–H and O–H groups in total.